The lowest BCUT2D eigenvalue weighted by atomic mass is 10.1. The largest absolute Gasteiger partial charge is 0.445 e. The molecule has 9 nitrogen and oxygen atoms in total. The van der Waals surface area contributed by atoms with Gasteiger partial charge in [0.15, 0.2) is 0 Å². The number of rotatable bonds is 5. The van der Waals surface area contributed by atoms with Crippen LogP contribution >= 0.6 is 0 Å². The van der Waals surface area contributed by atoms with Crippen molar-refractivity contribution in [3.63, 3.8) is 0 Å². The number of hydrogen-bond donors (Lipinski definition) is 2. The molecular weight excluding hydrogens is 388 g/mol. The molecule has 0 radical (unpaired) electrons. The average molecular weight is 408 g/mol. The number of para-hydroxylation sites is 1. The third-order valence-electron chi connectivity index (χ3n) is 4.95. The van der Waals surface area contributed by atoms with Crippen molar-refractivity contribution < 1.29 is 14.3 Å². The maximum Gasteiger partial charge on any atom is 0.407 e. The molecule has 4 rings (SSSR count). The van der Waals surface area contributed by atoms with Gasteiger partial charge < -0.3 is 19.9 Å². The van der Waals surface area contributed by atoms with Crippen LogP contribution in [0, 0.1) is 0 Å². The molecule has 30 heavy (non-hydrogen) atoms. The number of aromatic nitrogens is 2. The Morgan fingerprint density at radius 2 is 1.73 bits per heavy atom. The zero-order valence-electron chi connectivity index (χ0n) is 16.0. The van der Waals surface area contributed by atoms with E-state index in [4.69, 9.17) is 4.74 Å². The Hall–Kier alpha value is -3.88. The van der Waals surface area contributed by atoms with Crippen LogP contribution < -0.4 is 16.6 Å². The minimum absolute atomic E-state index is 0.162. The van der Waals surface area contributed by atoms with Gasteiger partial charge in [-0.2, -0.15) is 0 Å². The summed E-state index contributed by atoms with van der Waals surface area (Å²) in [6, 6.07) is 15.7. The zero-order chi connectivity index (χ0) is 21.1. The van der Waals surface area contributed by atoms with Crippen LogP contribution in [0.3, 0.4) is 0 Å². The molecule has 2 heterocycles. The van der Waals surface area contributed by atoms with Crippen LogP contribution in [-0.2, 0) is 22.7 Å². The number of aromatic amines is 1. The number of nitrogens with zero attached hydrogens (tertiary/aromatic N) is 2. The highest BCUT2D eigenvalue weighted by atomic mass is 16.5. The number of hydrogen-bond acceptors (Lipinski definition) is 5. The molecule has 3 aromatic rings. The normalized spacial score (nSPS) is 13.7. The van der Waals surface area contributed by atoms with Crippen molar-refractivity contribution in [3.05, 3.63) is 81.0 Å². The molecule has 1 aliphatic rings. The van der Waals surface area contributed by atoms with Crippen LogP contribution in [-0.4, -0.2) is 45.6 Å². The number of carbonyl (C=O) groups excluding carboxylic acids is 2. The van der Waals surface area contributed by atoms with Gasteiger partial charge >= 0.3 is 11.8 Å². The number of H-pyrrole nitrogens is 1. The van der Waals surface area contributed by atoms with Gasteiger partial charge in [-0.25, -0.2) is 9.59 Å². The Morgan fingerprint density at radius 1 is 1.03 bits per heavy atom. The van der Waals surface area contributed by atoms with Crippen molar-refractivity contribution >= 4 is 22.9 Å². The molecule has 0 atom stereocenters. The van der Waals surface area contributed by atoms with Gasteiger partial charge in [0.1, 0.15) is 13.2 Å². The van der Waals surface area contributed by atoms with Crippen molar-refractivity contribution in [3.8, 4) is 0 Å². The number of nitrogens with one attached hydrogen (secondary N) is 2. The van der Waals surface area contributed by atoms with Crippen molar-refractivity contribution in [2.24, 2.45) is 0 Å². The number of alkyl carbamates (subject to hydrolysis) is 1. The molecule has 0 bridgehead atoms. The molecule has 1 fully saturated rings. The summed E-state index contributed by atoms with van der Waals surface area (Å²) < 4.78 is 6.04. The predicted octanol–water partition coefficient (Wildman–Crippen LogP) is 0.827. The lowest BCUT2D eigenvalue weighted by molar-refractivity contribution is -0.136. The van der Waals surface area contributed by atoms with Gasteiger partial charge in [0.25, 0.3) is 5.56 Å². The highest BCUT2D eigenvalue weighted by Crippen LogP contribution is 2.10. The molecule has 1 aliphatic heterocycles. The Bertz CT molecular complexity index is 1200. The first-order chi connectivity index (χ1) is 14.5. The number of likely N-dealkylation sites (tertiary alicyclic amines) is 1. The summed E-state index contributed by atoms with van der Waals surface area (Å²) >= 11 is 0. The molecule has 0 saturated carbocycles. The third kappa shape index (κ3) is 4.09. The summed E-state index contributed by atoms with van der Waals surface area (Å²) in [4.78, 5) is 53.1. The van der Waals surface area contributed by atoms with E-state index in [9.17, 15) is 19.2 Å². The molecule has 154 valence electrons. The molecule has 0 unspecified atom stereocenters. The molecular formula is C21H20N4O5. The summed E-state index contributed by atoms with van der Waals surface area (Å²) in [6.45, 7) is 0.388. The molecule has 0 spiro atoms. The summed E-state index contributed by atoms with van der Waals surface area (Å²) in [5, 5.41) is 3.03. The maximum atomic E-state index is 12.5. The standard InChI is InChI=1S/C21H20N4O5/c26-18(12-25-19(27)16-8-4-5-9-17(16)23-20(25)28)24-10-15(11-24)22-21(29)30-13-14-6-2-1-3-7-14/h1-9,15H,10-13H2,(H,22,29)(H,23,28). The van der Waals surface area contributed by atoms with E-state index >= 15 is 0 Å². The van der Waals surface area contributed by atoms with E-state index in [1.807, 2.05) is 30.3 Å². The Labute approximate surface area is 170 Å². The molecule has 0 aliphatic carbocycles. The molecule has 2 N–H and O–H groups in total. The Kier molecular flexibility index (Phi) is 5.34. The molecule has 2 aromatic carbocycles. The highest BCUT2D eigenvalue weighted by Gasteiger charge is 2.32. The number of amides is 2. The average Bonchev–Trinajstić information content (AvgIpc) is 2.72. The van der Waals surface area contributed by atoms with Gasteiger partial charge in [0, 0.05) is 13.1 Å². The van der Waals surface area contributed by atoms with Gasteiger partial charge in [-0.3, -0.25) is 14.2 Å². The van der Waals surface area contributed by atoms with Gasteiger partial charge in [0.2, 0.25) is 5.91 Å². The maximum absolute atomic E-state index is 12.5. The Balaban J connectivity index is 1.30. The zero-order valence-corrected chi connectivity index (χ0v) is 16.0. The highest BCUT2D eigenvalue weighted by molar-refractivity contribution is 5.79. The minimum atomic E-state index is -0.633. The summed E-state index contributed by atoms with van der Waals surface area (Å²) in [6.07, 6.45) is -0.557. The molecule has 1 aromatic heterocycles. The van der Waals surface area contributed by atoms with E-state index in [2.05, 4.69) is 10.3 Å². The first kappa shape index (κ1) is 19.4. The monoisotopic (exact) mass is 408 g/mol. The van der Waals surface area contributed by atoms with Gasteiger partial charge in [-0.15, -0.1) is 0 Å². The van der Waals surface area contributed by atoms with Gasteiger partial charge in [-0.05, 0) is 17.7 Å². The van der Waals surface area contributed by atoms with E-state index in [0.29, 0.717) is 24.0 Å². The molecule has 1 saturated heterocycles. The van der Waals surface area contributed by atoms with Crippen molar-refractivity contribution in [2.75, 3.05) is 13.1 Å². The van der Waals surface area contributed by atoms with E-state index in [1.165, 1.54) is 4.90 Å². The fraction of sp³-hybridized carbons (Fsp3) is 0.238. The first-order valence-electron chi connectivity index (χ1n) is 9.48. The SMILES string of the molecule is O=C(NC1CN(C(=O)Cn2c(=O)[nH]c3ccccc3c2=O)C1)OCc1ccccc1. The van der Waals surface area contributed by atoms with Crippen LogP contribution in [0.25, 0.3) is 10.9 Å². The van der Waals surface area contributed by atoms with Crippen LogP contribution in [0.1, 0.15) is 5.56 Å². The van der Waals surface area contributed by atoms with Crippen LogP contribution in [0.15, 0.2) is 64.2 Å². The fourth-order valence-electron chi connectivity index (χ4n) is 3.28. The smallest absolute Gasteiger partial charge is 0.407 e. The van der Waals surface area contributed by atoms with Crippen LogP contribution in [0.4, 0.5) is 4.79 Å². The third-order valence-corrected chi connectivity index (χ3v) is 4.95. The van der Waals surface area contributed by atoms with E-state index in [1.54, 1.807) is 24.3 Å². The predicted molar refractivity (Wildman–Crippen MR) is 109 cm³/mol. The van der Waals surface area contributed by atoms with Crippen LogP contribution in [0.2, 0.25) is 0 Å². The van der Waals surface area contributed by atoms with Crippen molar-refractivity contribution in [1.82, 2.24) is 19.8 Å². The minimum Gasteiger partial charge on any atom is -0.445 e. The molecule has 9 heteroatoms. The van der Waals surface area contributed by atoms with E-state index in [-0.39, 0.29) is 25.1 Å². The lowest BCUT2D eigenvalue weighted by Gasteiger charge is -2.39. The number of ether oxygens (including phenoxy) is 1. The number of carbonyl (C=O) groups is 2. The first-order valence-corrected chi connectivity index (χ1v) is 9.48. The van der Waals surface area contributed by atoms with Gasteiger partial charge in [-0.1, -0.05) is 42.5 Å². The second-order valence-electron chi connectivity index (χ2n) is 7.07. The second kappa shape index (κ2) is 8.24. The topological polar surface area (TPSA) is 113 Å². The summed E-state index contributed by atoms with van der Waals surface area (Å²) in [5.74, 6) is -0.367. The Morgan fingerprint density at radius 3 is 2.50 bits per heavy atom. The fourth-order valence-corrected chi connectivity index (χ4v) is 3.28. The summed E-state index contributed by atoms with van der Waals surface area (Å²) in [7, 11) is 0. The van der Waals surface area contributed by atoms with Crippen LogP contribution in [0.5, 0.6) is 0 Å². The van der Waals surface area contributed by atoms with Crippen molar-refractivity contribution in [1.29, 1.82) is 0 Å². The van der Waals surface area contributed by atoms with Crippen molar-refractivity contribution in [2.45, 2.75) is 19.2 Å². The summed E-state index contributed by atoms with van der Waals surface area (Å²) in [5.41, 5.74) is 0.164. The second-order valence-corrected chi connectivity index (χ2v) is 7.07. The quantitative estimate of drug-likeness (QED) is 0.649. The number of fused-ring (bicyclic) bond motifs is 1. The van der Waals surface area contributed by atoms with E-state index < -0.39 is 17.3 Å². The molecule has 2 amide bonds. The number of benzene rings is 2. The van der Waals surface area contributed by atoms with Gasteiger partial charge in [0.05, 0.1) is 16.9 Å². The lowest BCUT2D eigenvalue weighted by Crippen LogP contribution is -2.62. The van der Waals surface area contributed by atoms with E-state index in [0.717, 1.165) is 10.1 Å².